The highest BCUT2D eigenvalue weighted by molar-refractivity contribution is 5.89. The minimum absolute atomic E-state index is 0.174. The van der Waals surface area contributed by atoms with Crippen LogP contribution < -0.4 is 20.9 Å². The fourth-order valence-electron chi connectivity index (χ4n) is 4.62. The number of hydrogen-bond donors (Lipinski definition) is 3. The van der Waals surface area contributed by atoms with Crippen LogP contribution in [-0.2, 0) is 22.7 Å². The van der Waals surface area contributed by atoms with Crippen molar-refractivity contribution in [3.8, 4) is 5.75 Å². The average Bonchev–Trinajstić information content (AvgIpc) is 3.01. The second-order valence-electron chi connectivity index (χ2n) is 9.55. The summed E-state index contributed by atoms with van der Waals surface area (Å²) >= 11 is 0. The van der Waals surface area contributed by atoms with E-state index in [9.17, 15) is 19.2 Å². The molecule has 3 N–H and O–H groups in total. The first-order chi connectivity index (χ1) is 20.7. The van der Waals surface area contributed by atoms with Gasteiger partial charge in [0.1, 0.15) is 5.75 Å². The molecule has 2 heterocycles. The average molecular weight is 594 g/mol. The molecule has 43 heavy (non-hydrogen) atoms. The van der Waals surface area contributed by atoms with Crippen molar-refractivity contribution in [1.29, 1.82) is 0 Å². The molecule has 13 heteroatoms. The van der Waals surface area contributed by atoms with Crippen LogP contribution in [0.2, 0.25) is 0 Å². The minimum atomic E-state index is -1.26. The third kappa shape index (κ3) is 9.71. The quantitative estimate of drug-likeness (QED) is 0.129. The zero-order valence-electron chi connectivity index (χ0n) is 23.8. The van der Waals surface area contributed by atoms with Crippen molar-refractivity contribution in [2.75, 3.05) is 44.7 Å². The number of carboxylic acids is 2. The number of carbonyl (C=O) groups is 2. The van der Waals surface area contributed by atoms with Crippen LogP contribution in [0.5, 0.6) is 5.75 Å². The van der Waals surface area contributed by atoms with Crippen LogP contribution in [0.4, 0.5) is 5.69 Å². The topological polar surface area (TPSA) is 167 Å². The number of anilines is 1. The molecule has 0 amide bonds. The van der Waals surface area contributed by atoms with Gasteiger partial charge in [-0.3, -0.25) is 18.8 Å². The summed E-state index contributed by atoms with van der Waals surface area (Å²) in [6.45, 7) is 4.95. The van der Waals surface area contributed by atoms with Gasteiger partial charge >= 0.3 is 17.6 Å². The predicted octanol–water partition coefficient (Wildman–Crippen LogP) is 1.80. The molecule has 0 atom stereocenters. The number of rotatable bonds is 11. The molecule has 1 aromatic heterocycles. The van der Waals surface area contributed by atoms with Gasteiger partial charge in [0.05, 0.1) is 31.1 Å². The van der Waals surface area contributed by atoms with Crippen molar-refractivity contribution in [2.24, 2.45) is 5.16 Å². The molecule has 0 bridgehead atoms. The van der Waals surface area contributed by atoms with Crippen LogP contribution in [0, 0.1) is 0 Å². The first-order valence-corrected chi connectivity index (χ1v) is 13.5. The molecule has 1 aliphatic heterocycles. The summed E-state index contributed by atoms with van der Waals surface area (Å²) in [4.78, 5) is 49.7. The Labute approximate surface area is 247 Å². The number of carboxylic acid groups (broad SMARTS) is 2. The molecule has 228 valence electrons. The van der Waals surface area contributed by atoms with E-state index >= 15 is 0 Å². The number of aromatic nitrogens is 2. The second-order valence-corrected chi connectivity index (χ2v) is 9.55. The molecule has 0 radical (unpaired) electrons. The Bertz CT molecular complexity index is 1520. The van der Waals surface area contributed by atoms with Crippen LogP contribution >= 0.6 is 0 Å². The molecule has 1 fully saturated rings. The zero-order valence-corrected chi connectivity index (χ0v) is 23.8. The van der Waals surface area contributed by atoms with E-state index < -0.39 is 17.5 Å². The summed E-state index contributed by atoms with van der Waals surface area (Å²) in [5.41, 5.74) is 1.41. The van der Waals surface area contributed by atoms with Gasteiger partial charge in [0, 0.05) is 51.1 Å². The van der Waals surface area contributed by atoms with Gasteiger partial charge in [0.2, 0.25) is 0 Å². The maximum Gasteiger partial charge on any atom is 0.331 e. The molecule has 0 spiro atoms. The van der Waals surface area contributed by atoms with E-state index in [-0.39, 0.29) is 11.3 Å². The lowest BCUT2D eigenvalue weighted by atomic mass is 10.2. The number of piperazine rings is 1. The van der Waals surface area contributed by atoms with E-state index in [0.29, 0.717) is 31.7 Å². The molecule has 0 aliphatic carbocycles. The lowest BCUT2D eigenvalue weighted by Crippen LogP contribution is -2.47. The van der Waals surface area contributed by atoms with Crippen LogP contribution in [0.1, 0.15) is 17.5 Å². The molecule has 3 aromatic rings. The van der Waals surface area contributed by atoms with Crippen LogP contribution in [0.25, 0.3) is 0 Å². The van der Waals surface area contributed by atoms with E-state index in [4.69, 9.17) is 20.2 Å². The van der Waals surface area contributed by atoms with Gasteiger partial charge in [0.15, 0.2) is 0 Å². The molecular weight excluding hydrogens is 558 g/mol. The van der Waals surface area contributed by atoms with E-state index in [1.807, 2.05) is 48.5 Å². The number of aliphatic carboxylic acids is 2. The van der Waals surface area contributed by atoms with E-state index in [1.165, 1.54) is 15.3 Å². The van der Waals surface area contributed by atoms with Gasteiger partial charge in [0.25, 0.3) is 5.56 Å². The van der Waals surface area contributed by atoms with Crippen molar-refractivity contribution in [3.05, 3.63) is 105 Å². The van der Waals surface area contributed by atoms with Crippen molar-refractivity contribution in [2.45, 2.75) is 19.5 Å². The molecular formula is C30H35N5O8. The monoisotopic (exact) mass is 593 g/mol. The van der Waals surface area contributed by atoms with Gasteiger partial charge in [-0.1, -0.05) is 47.6 Å². The Hall–Kier alpha value is -5.17. The molecule has 4 rings (SSSR count). The Morgan fingerprint density at radius 2 is 1.53 bits per heavy atom. The number of hydrogen-bond acceptors (Lipinski definition) is 9. The smallest absolute Gasteiger partial charge is 0.331 e. The number of nitrogens with zero attached hydrogens (tertiary/aromatic N) is 5. The van der Waals surface area contributed by atoms with Gasteiger partial charge in [-0.15, -0.1) is 0 Å². The largest absolute Gasteiger partial charge is 0.495 e. The van der Waals surface area contributed by atoms with Gasteiger partial charge < -0.3 is 25.1 Å². The molecule has 0 saturated carbocycles. The highest BCUT2D eigenvalue weighted by Gasteiger charge is 2.19. The Morgan fingerprint density at radius 3 is 2.14 bits per heavy atom. The lowest BCUT2D eigenvalue weighted by Gasteiger charge is -2.36. The summed E-state index contributed by atoms with van der Waals surface area (Å²) < 4.78 is 8.22. The van der Waals surface area contributed by atoms with Crippen molar-refractivity contribution < 1.29 is 29.7 Å². The number of para-hydroxylation sites is 2. The van der Waals surface area contributed by atoms with Crippen molar-refractivity contribution in [3.63, 3.8) is 0 Å². The van der Waals surface area contributed by atoms with E-state index in [0.717, 1.165) is 55.9 Å². The standard InChI is InChI=1S/C26H31N5O4.C4H4O4/c1-35-24-11-6-5-10-23(24)29-16-14-28(15-17-29)12-7-13-31-25(32)22(18-27-34)20-30(26(31)33)19-21-8-3-2-4-9-21;5-3(6)1-2-4(7)8/h2-6,8-11,18,20,34H,7,12-17,19H2,1H3;1-2H,(H,5,6)(H,7,8)/b;2-1+. The third-order valence-electron chi connectivity index (χ3n) is 6.68. The Morgan fingerprint density at radius 1 is 0.907 bits per heavy atom. The number of oxime groups is 1. The van der Waals surface area contributed by atoms with Crippen LogP contribution in [-0.4, -0.2) is 87.4 Å². The fraction of sp³-hybridized carbons (Fsp3) is 0.300. The first kappa shape index (κ1) is 32.3. The summed E-state index contributed by atoms with van der Waals surface area (Å²) in [7, 11) is 1.69. The number of benzene rings is 2. The highest BCUT2D eigenvalue weighted by Crippen LogP contribution is 2.28. The SMILES string of the molecule is COc1ccccc1N1CCN(CCCn2c(=O)c(C=NO)cn(Cc3ccccc3)c2=O)CC1.O=C(O)/C=C/C(=O)O. The van der Waals surface area contributed by atoms with Crippen LogP contribution in [0.15, 0.2) is 87.7 Å². The molecule has 1 aliphatic rings. The maximum atomic E-state index is 13.1. The number of ether oxygens (including phenoxy) is 1. The summed E-state index contributed by atoms with van der Waals surface area (Å²) in [5, 5.41) is 27.6. The Balaban J connectivity index is 0.000000557. The van der Waals surface area contributed by atoms with Crippen molar-refractivity contribution >= 4 is 23.8 Å². The van der Waals surface area contributed by atoms with Gasteiger partial charge in [-0.25, -0.2) is 14.4 Å². The fourth-order valence-corrected chi connectivity index (χ4v) is 4.62. The molecule has 2 aromatic carbocycles. The normalized spacial score (nSPS) is 13.6. The highest BCUT2D eigenvalue weighted by atomic mass is 16.5. The van der Waals surface area contributed by atoms with Crippen molar-refractivity contribution in [1.82, 2.24) is 14.0 Å². The summed E-state index contributed by atoms with van der Waals surface area (Å²) in [5.74, 6) is -1.64. The summed E-state index contributed by atoms with van der Waals surface area (Å²) in [6, 6.07) is 17.6. The Kier molecular flexibility index (Phi) is 12.3. The molecule has 1 saturated heterocycles. The summed E-state index contributed by atoms with van der Waals surface area (Å²) in [6.07, 6.45) is 4.31. The molecule has 0 unspecified atom stereocenters. The molecule has 13 nitrogen and oxygen atoms in total. The van der Waals surface area contributed by atoms with E-state index in [2.05, 4.69) is 21.0 Å². The maximum absolute atomic E-state index is 13.1. The predicted molar refractivity (Wildman–Crippen MR) is 161 cm³/mol. The van der Waals surface area contributed by atoms with Crippen LogP contribution in [0.3, 0.4) is 0 Å². The second kappa shape index (κ2) is 16.3. The first-order valence-electron chi connectivity index (χ1n) is 13.5. The van der Waals surface area contributed by atoms with E-state index in [1.54, 1.807) is 7.11 Å². The van der Waals surface area contributed by atoms with Gasteiger partial charge in [-0.2, -0.15) is 0 Å². The van der Waals surface area contributed by atoms with Gasteiger partial charge in [-0.05, 0) is 30.7 Å². The third-order valence-corrected chi connectivity index (χ3v) is 6.68. The minimum Gasteiger partial charge on any atom is -0.495 e. The number of methoxy groups -OCH3 is 1. The lowest BCUT2D eigenvalue weighted by molar-refractivity contribution is -0.134. The zero-order chi connectivity index (χ0) is 31.2.